The summed E-state index contributed by atoms with van der Waals surface area (Å²) < 4.78 is 0. The van der Waals surface area contributed by atoms with Crippen molar-refractivity contribution in [2.45, 2.75) is 37.7 Å². The number of benzene rings is 1. The third kappa shape index (κ3) is 5.38. The van der Waals surface area contributed by atoms with Gasteiger partial charge < -0.3 is 10.4 Å². The molecule has 20 heavy (non-hydrogen) atoms. The Balaban J connectivity index is 2.81. The number of non-ortho nitro benzene ring substituents is 1. The Morgan fingerprint density at radius 2 is 2.25 bits per heavy atom. The minimum absolute atomic E-state index is 0.123. The highest BCUT2D eigenvalue weighted by molar-refractivity contribution is 7.99. The van der Waals surface area contributed by atoms with E-state index in [9.17, 15) is 10.1 Å². The van der Waals surface area contributed by atoms with Crippen molar-refractivity contribution in [1.29, 1.82) is 0 Å². The Kier molecular flexibility index (Phi) is 7.40. The number of nitro benzene ring substituents is 1. The predicted octanol–water partition coefficient (Wildman–Crippen LogP) is 3.42. The molecule has 0 amide bonds. The van der Waals surface area contributed by atoms with Crippen LogP contribution in [0.5, 0.6) is 0 Å². The number of nitrogens with zero attached hydrogens (tertiary/aromatic N) is 1. The molecule has 0 spiro atoms. The van der Waals surface area contributed by atoms with Crippen LogP contribution in [0.3, 0.4) is 0 Å². The molecule has 0 aromatic heterocycles. The second-order valence-electron chi connectivity index (χ2n) is 4.66. The quantitative estimate of drug-likeness (QED) is 0.539. The van der Waals surface area contributed by atoms with Gasteiger partial charge in [0, 0.05) is 42.0 Å². The number of anilines is 1. The average molecular weight is 298 g/mol. The topological polar surface area (TPSA) is 75.4 Å². The van der Waals surface area contributed by atoms with E-state index in [4.69, 9.17) is 5.11 Å². The Hall–Kier alpha value is -1.27. The maximum absolute atomic E-state index is 10.9. The standard InChI is InChI=1S/C14H22N2O3S/c1-3-7-15-14-5-4-13(16(18)19)9-12(14)10-20-11(2)6-8-17/h4-5,9,11,15,17H,3,6-8,10H2,1-2H3. The molecule has 0 saturated heterocycles. The van der Waals surface area contributed by atoms with Gasteiger partial charge in [0.05, 0.1) is 4.92 Å². The zero-order valence-corrected chi connectivity index (χ0v) is 12.8. The van der Waals surface area contributed by atoms with Crippen LogP contribution in [-0.2, 0) is 5.75 Å². The molecule has 1 aromatic carbocycles. The molecule has 0 heterocycles. The van der Waals surface area contributed by atoms with Gasteiger partial charge in [0.15, 0.2) is 0 Å². The fourth-order valence-corrected chi connectivity index (χ4v) is 2.72. The number of nitro groups is 1. The average Bonchev–Trinajstić information content (AvgIpc) is 2.43. The molecule has 0 aliphatic carbocycles. The van der Waals surface area contributed by atoms with Crippen LogP contribution < -0.4 is 5.32 Å². The van der Waals surface area contributed by atoms with Gasteiger partial charge in [-0.3, -0.25) is 10.1 Å². The summed E-state index contributed by atoms with van der Waals surface area (Å²) in [6.45, 7) is 5.15. The molecule has 112 valence electrons. The van der Waals surface area contributed by atoms with Gasteiger partial charge in [-0.2, -0.15) is 11.8 Å². The Bertz CT molecular complexity index is 440. The summed E-state index contributed by atoms with van der Waals surface area (Å²) in [7, 11) is 0. The van der Waals surface area contributed by atoms with E-state index in [-0.39, 0.29) is 17.2 Å². The largest absolute Gasteiger partial charge is 0.396 e. The van der Waals surface area contributed by atoms with Crippen molar-refractivity contribution in [1.82, 2.24) is 0 Å². The summed E-state index contributed by atoms with van der Waals surface area (Å²) in [5, 5.41) is 23.4. The van der Waals surface area contributed by atoms with E-state index >= 15 is 0 Å². The van der Waals surface area contributed by atoms with Crippen LogP contribution in [-0.4, -0.2) is 28.4 Å². The highest BCUT2D eigenvalue weighted by Gasteiger charge is 2.12. The SMILES string of the molecule is CCCNc1ccc([N+](=O)[O-])cc1CSC(C)CCO. The van der Waals surface area contributed by atoms with E-state index in [1.54, 1.807) is 23.9 Å². The molecular formula is C14H22N2O3S. The monoisotopic (exact) mass is 298 g/mol. The van der Waals surface area contributed by atoms with E-state index in [1.807, 2.05) is 0 Å². The lowest BCUT2D eigenvalue weighted by Crippen LogP contribution is -2.05. The molecule has 0 radical (unpaired) electrons. The van der Waals surface area contributed by atoms with Crippen molar-refractivity contribution in [3.63, 3.8) is 0 Å². The molecule has 1 aromatic rings. The van der Waals surface area contributed by atoms with Crippen LogP contribution in [0.15, 0.2) is 18.2 Å². The zero-order chi connectivity index (χ0) is 15.0. The lowest BCUT2D eigenvalue weighted by Gasteiger charge is -2.14. The number of hydrogen-bond acceptors (Lipinski definition) is 5. The van der Waals surface area contributed by atoms with E-state index in [0.29, 0.717) is 11.0 Å². The lowest BCUT2D eigenvalue weighted by molar-refractivity contribution is -0.384. The molecule has 1 atom stereocenters. The van der Waals surface area contributed by atoms with Crippen molar-refractivity contribution in [3.8, 4) is 0 Å². The minimum Gasteiger partial charge on any atom is -0.396 e. The molecule has 0 bridgehead atoms. The summed E-state index contributed by atoms with van der Waals surface area (Å²) in [6.07, 6.45) is 1.74. The number of rotatable bonds is 9. The predicted molar refractivity (Wildman–Crippen MR) is 84.3 cm³/mol. The first-order valence-electron chi connectivity index (χ1n) is 6.82. The Labute approximate surface area is 123 Å². The van der Waals surface area contributed by atoms with Crippen LogP contribution in [0.25, 0.3) is 0 Å². The molecule has 1 rings (SSSR count). The van der Waals surface area contributed by atoms with Crippen LogP contribution in [0.2, 0.25) is 0 Å². The molecular weight excluding hydrogens is 276 g/mol. The van der Waals surface area contributed by atoms with Gasteiger partial charge in [-0.1, -0.05) is 13.8 Å². The number of aliphatic hydroxyl groups is 1. The first kappa shape index (κ1) is 16.8. The molecule has 5 nitrogen and oxygen atoms in total. The maximum Gasteiger partial charge on any atom is 0.269 e. The summed E-state index contributed by atoms with van der Waals surface area (Å²) in [5.41, 5.74) is 2.03. The van der Waals surface area contributed by atoms with Gasteiger partial charge in [0.2, 0.25) is 0 Å². The van der Waals surface area contributed by atoms with Crippen molar-refractivity contribution < 1.29 is 10.0 Å². The third-order valence-electron chi connectivity index (χ3n) is 2.92. The summed E-state index contributed by atoms with van der Waals surface area (Å²) >= 11 is 1.70. The van der Waals surface area contributed by atoms with Crippen LogP contribution in [0, 0.1) is 10.1 Å². The van der Waals surface area contributed by atoms with Gasteiger partial charge in [-0.15, -0.1) is 0 Å². The maximum atomic E-state index is 10.9. The third-order valence-corrected chi connectivity index (χ3v) is 4.21. The van der Waals surface area contributed by atoms with Crippen LogP contribution in [0.1, 0.15) is 32.3 Å². The van der Waals surface area contributed by atoms with Gasteiger partial charge in [0.25, 0.3) is 5.69 Å². The van der Waals surface area contributed by atoms with E-state index in [0.717, 1.165) is 30.6 Å². The first-order chi connectivity index (χ1) is 9.58. The number of nitrogens with one attached hydrogen (secondary N) is 1. The molecule has 0 saturated carbocycles. The van der Waals surface area contributed by atoms with Gasteiger partial charge in [-0.25, -0.2) is 0 Å². The van der Waals surface area contributed by atoms with Gasteiger partial charge >= 0.3 is 0 Å². The van der Waals surface area contributed by atoms with Crippen LogP contribution in [0.4, 0.5) is 11.4 Å². The number of thioether (sulfide) groups is 1. The number of aliphatic hydroxyl groups excluding tert-OH is 1. The molecule has 1 unspecified atom stereocenters. The summed E-state index contributed by atoms with van der Waals surface area (Å²) in [6, 6.07) is 4.94. The highest BCUT2D eigenvalue weighted by atomic mass is 32.2. The van der Waals surface area contributed by atoms with Gasteiger partial charge in [0.1, 0.15) is 0 Å². The van der Waals surface area contributed by atoms with Crippen LogP contribution >= 0.6 is 11.8 Å². The lowest BCUT2D eigenvalue weighted by atomic mass is 10.1. The van der Waals surface area contributed by atoms with Crippen molar-refractivity contribution in [2.75, 3.05) is 18.5 Å². The second kappa shape index (κ2) is 8.81. The zero-order valence-electron chi connectivity index (χ0n) is 12.0. The molecule has 0 aliphatic rings. The molecule has 0 fully saturated rings. The smallest absolute Gasteiger partial charge is 0.269 e. The van der Waals surface area contributed by atoms with Crippen molar-refractivity contribution in [3.05, 3.63) is 33.9 Å². The van der Waals surface area contributed by atoms with E-state index < -0.39 is 0 Å². The molecule has 6 heteroatoms. The second-order valence-corrected chi connectivity index (χ2v) is 6.09. The first-order valence-corrected chi connectivity index (χ1v) is 7.87. The number of hydrogen-bond donors (Lipinski definition) is 2. The normalized spacial score (nSPS) is 12.2. The van der Waals surface area contributed by atoms with Crippen molar-refractivity contribution >= 4 is 23.1 Å². The minimum atomic E-state index is -0.366. The Morgan fingerprint density at radius 3 is 2.85 bits per heavy atom. The molecule has 2 N–H and O–H groups in total. The van der Waals surface area contributed by atoms with E-state index in [1.165, 1.54) is 6.07 Å². The summed E-state index contributed by atoms with van der Waals surface area (Å²) in [4.78, 5) is 10.5. The van der Waals surface area contributed by atoms with E-state index in [2.05, 4.69) is 19.2 Å². The summed E-state index contributed by atoms with van der Waals surface area (Å²) in [5.74, 6) is 0.703. The van der Waals surface area contributed by atoms with Crippen molar-refractivity contribution in [2.24, 2.45) is 0 Å². The Morgan fingerprint density at radius 1 is 1.50 bits per heavy atom. The molecule has 0 aliphatic heterocycles. The highest BCUT2D eigenvalue weighted by Crippen LogP contribution is 2.28. The fraction of sp³-hybridized carbons (Fsp3) is 0.571. The fourth-order valence-electron chi connectivity index (χ4n) is 1.74. The van der Waals surface area contributed by atoms with Gasteiger partial charge in [-0.05, 0) is 24.5 Å².